The number of carbonyl (C=O) groups is 1. The maximum absolute atomic E-state index is 13.0. The molecule has 25 heavy (non-hydrogen) atoms. The van der Waals surface area contributed by atoms with E-state index in [0.29, 0.717) is 12.6 Å². The molecule has 0 aliphatic carbocycles. The lowest BCUT2D eigenvalue weighted by Crippen LogP contribution is -2.46. The molecule has 1 aromatic carbocycles. The normalized spacial score (nSPS) is 21.2. The van der Waals surface area contributed by atoms with E-state index >= 15 is 0 Å². The minimum absolute atomic E-state index is 0.138. The molecule has 1 amide bonds. The van der Waals surface area contributed by atoms with Crippen LogP contribution in [-0.4, -0.2) is 55.8 Å². The van der Waals surface area contributed by atoms with Crippen LogP contribution in [0.5, 0.6) is 5.75 Å². The van der Waals surface area contributed by atoms with Gasteiger partial charge in [0.05, 0.1) is 6.10 Å². The van der Waals surface area contributed by atoms with Gasteiger partial charge in [0.15, 0.2) is 0 Å². The predicted octanol–water partition coefficient (Wildman–Crippen LogP) is 2.85. The summed E-state index contributed by atoms with van der Waals surface area (Å²) < 4.78 is 11.4. The lowest BCUT2D eigenvalue weighted by molar-refractivity contribution is 0.0640. The van der Waals surface area contributed by atoms with Crippen molar-refractivity contribution in [3.05, 3.63) is 29.8 Å². The number of carbonyl (C=O) groups excluding carboxylic acids is 1. The molecule has 2 aliphatic heterocycles. The van der Waals surface area contributed by atoms with Crippen molar-refractivity contribution in [2.24, 2.45) is 0 Å². The van der Waals surface area contributed by atoms with Gasteiger partial charge < -0.3 is 19.7 Å². The third-order valence-corrected chi connectivity index (χ3v) is 5.04. The monoisotopic (exact) mass is 346 g/mol. The van der Waals surface area contributed by atoms with Crippen molar-refractivity contribution in [2.45, 2.75) is 51.2 Å². The van der Waals surface area contributed by atoms with Gasteiger partial charge in [-0.2, -0.15) is 0 Å². The van der Waals surface area contributed by atoms with Crippen LogP contribution in [0.2, 0.25) is 0 Å². The first kappa shape index (κ1) is 18.2. The maximum atomic E-state index is 13.0. The molecule has 5 heteroatoms. The average Bonchev–Trinajstić information content (AvgIpc) is 3.19. The maximum Gasteiger partial charge on any atom is 0.254 e. The fraction of sp³-hybridized carbons (Fsp3) is 0.650. The first-order valence-corrected chi connectivity index (χ1v) is 9.64. The number of hydrogen-bond acceptors (Lipinski definition) is 4. The Morgan fingerprint density at radius 2 is 2.00 bits per heavy atom. The Hall–Kier alpha value is -1.59. The third kappa shape index (κ3) is 4.95. The highest BCUT2D eigenvalue weighted by Gasteiger charge is 2.25. The van der Waals surface area contributed by atoms with Crippen molar-refractivity contribution in [1.82, 2.24) is 10.2 Å². The van der Waals surface area contributed by atoms with Crippen LogP contribution >= 0.6 is 0 Å². The molecule has 0 spiro atoms. The van der Waals surface area contributed by atoms with E-state index in [1.165, 1.54) is 0 Å². The van der Waals surface area contributed by atoms with Crippen molar-refractivity contribution < 1.29 is 14.3 Å². The topological polar surface area (TPSA) is 50.8 Å². The highest BCUT2D eigenvalue weighted by Crippen LogP contribution is 2.20. The fourth-order valence-corrected chi connectivity index (χ4v) is 3.63. The van der Waals surface area contributed by atoms with Crippen molar-refractivity contribution >= 4 is 5.91 Å². The van der Waals surface area contributed by atoms with Crippen molar-refractivity contribution in [3.63, 3.8) is 0 Å². The van der Waals surface area contributed by atoms with Crippen LogP contribution in [0, 0.1) is 0 Å². The highest BCUT2D eigenvalue weighted by atomic mass is 16.5. The second-order valence-electron chi connectivity index (χ2n) is 6.95. The Morgan fingerprint density at radius 3 is 2.64 bits per heavy atom. The number of nitrogens with one attached hydrogen (secondary N) is 1. The van der Waals surface area contributed by atoms with Crippen molar-refractivity contribution in [1.29, 1.82) is 0 Å². The van der Waals surface area contributed by atoms with Gasteiger partial charge in [-0.3, -0.25) is 4.79 Å². The summed E-state index contributed by atoms with van der Waals surface area (Å²) in [6, 6.07) is 7.92. The van der Waals surface area contributed by atoms with Gasteiger partial charge in [0.1, 0.15) is 12.4 Å². The summed E-state index contributed by atoms with van der Waals surface area (Å²) in [5.41, 5.74) is 0.747. The Morgan fingerprint density at radius 1 is 1.24 bits per heavy atom. The van der Waals surface area contributed by atoms with E-state index in [1.807, 2.05) is 24.3 Å². The van der Waals surface area contributed by atoms with Gasteiger partial charge in [0.2, 0.25) is 0 Å². The lowest BCUT2D eigenvalue weighted by atomic mass is 10.0. The number of ether oxygens (including phenoxy) is 2. The van der Waals surface area contributed by atoms with Gasteiger partial charge >= 0.3 is 0 Å². The third-order valence-electron chi connectivity index (χ3n) is 5.04. The Balaban J connectivity index is 1.59. The number of nitrogens with zero attached hydrogens (tertiary/aromatic N) is 1. The number of amides is 1. The van der Waals surface area contributed by atoms with Crippen LogP contribution in [0.25, 0.3) is 0 Å². The first-order valence-electron chi connectivity index (χ1n) is 9.64. The fourth-order valence-electron chi connectivity index (χ4n) is 3.63. The van der Waals surface area contributed by atoms with E-state index in [0.717, 1.165) is 69.7 Å². The van der Waals surface area contributed by atoms with Gasteiger partial charge in [0.25, 0.3) is 5.91 Å². The average molecular weight is 346 g/mol. The zero-order chi connectivity index (χ0) is 17.5. The lowest BCUT2D eigenvalue weighted by Gasteiger charge is -2.34. The molecule has 1 atom stereocenters. The van der Waals surface area contributed by atoms with Gasteiger partial charge in [0, 0.05) is 24.8 Å². The SMILES string of the molecule is CCCN(C(=O)c1ccc(OCC2CCCO2)cc1)C1CCNCC1. The minimum atomic E-state index is 0.138. The van der Waals surface area contributed by atoms with Crippen molar-refractivity contribution in [2.75, 3.05) is 32.8 Å². The molecule has 2 aliphatic rings. The molecule has 138 valence electrons. The highest BCUT2D eigenvalue weighted by molar-refractivity contribution is 5.94. The number of piperidine rings is 1. The minimum Gasteiger partial charge on any atom is -0.491 e. The van der Waals surface area contributed by atoms with E-state index in [2.05, 4.69) is 17.1 Å². The van der Waals surface area contributed by atoms with Gasteiger partial charge in [-0.05, 0) is 69.5 Å². The van der Waals surface area contributed by atoms with E-state index in [9.17, 15) is 4.79 Å². The molecule has 2 fully saturated rings. The van der Waals surface area contributed by atoms with Crippen LogP contribution in [0.3, 0.4) is 0 Å². The molecule has 1 unspecified atom stereocenters. The van der Waals surface area contributed by atoms with Crippen LogP contribution in [0.4, 0.5) is 0 Å². The van der Waals surface area contributed by atoms with Gasteiger partial charge in [-0.15, -0.1) is 0 Å². The molecule has 1 N–H and O–H groups in total. The molecule has 1 aromatic rings. The standard InChI is InChI=1S/C20H30N2O3/c1-2-13-22(17-9-11-21-12-10-17)20(23)16-5-7-18(8-6-16)25-15-19-4-3-14-24-19/h5-8,17,19,21H,2-4,9-15H2,1H3. The summed E-state index contributed by atoms with van der Waals surface area (Å²) in [5.74, 6) is 0.940. The van der Waals surface area contributed by atoms with Crippen LogP contribution < -0.4 is 10.1 Å². The predicted molar refractivity (Wildman–Crippen MR) is 98.1 cm³/mol. The van der Waals surface area contributed by atoms with E-state index in [4.69, 9.17) is 9.47 Å². The van der Waals surface area contributed by atoms with E-state index in [-0.39, 0.29) is 12.0 Å². The second kappa shape index (κ2) is 9.20. The number of hydrogen-bond donors (Lipinski definition) is 1. The zero-order valence-electron chi connectivity index (χ0n) is 15.2. The summed E-state index contributed by atoms with van der Waals surface area (Å²) in [7, 11) is 0. The molecule has 3 rings (SSSR count). The zero-order valence-corrected chi connectivity index (χ0v) is 15.2. The Bertz CT molecular complexity index is 534. The quantitative estimate of drug-likeness (QED) is 0.825. The molecule has 2 saturated heterocycles. The van der Waals surface area contributed by atoms with Crippen LogP contribution in [0.15, 0.2) is 24.3 Å². The van der Waals surface area contributed by atoms with Crippen LogP contribution in [0.1, 0.15) is 49.4 Å². The molecule has 0 saturated carbocycles. The Labute approximate surface area is 150 Å². The van der Waals surface area contributed by atoms with Crippen LogP contribution in [-0.2, 0) is 4.74 Å². The summed E-state index contributed by atoms with van der Waals surface area (Å²) in [6.45, 7) is 6.36. The summed E-state index contributed by atoms with van der Waals surface area (Å²) >= 11 is 0. The second-order valence-corrected chi connectivity index (χ2v) is 6.95. The molecular formula is C20H30N2O3. The molecule has 5 nitrogen and oxygen atoms in total. The van der Waals surface area contributed by atoms with E-state index in [1.54, 1.807) is 0 Å². The van der Waals surface area contributed by atoms with Gasteiger partial charge in [-0.1, -0.05) is 6.92 Å². The number of benzene rings is 1. The van der Waals surface area contributed by atoms with Crippen molar-refractivity contribution in [3.8, 4) is 5.75 Å². The molecule has 0 bridgehead atoms. The Kier molecular flexibility index (Phi) is 6.70. The van der Waals surface area contributed by atoms with Gasteiger partial charge in [-0.25, -0.2) is 0 Å². The summed E-state index contributed by atoms with van der Waals surface area (Å²) in [4.78, 5) is 15.0. The first-order chi connectivity index (χ1) is 12.3. The molecule has 0 radical (unpaired) electrons. The molecule has 2 heterocycles. The molecule has 0 aromatic heterocycles. The molecular weight excluding hydrogens is 316 g/mol. The largest absolute Gasteiger partial charge is 0.491 e. The summed E-state index contributed by atoms with van der Waals surface area (Å²) in [6.07, 6.45) is 5.45. The number of rotatable bonds is 7. The smallest absolute Gasteiger partial charge is 0.254 e. The summed E-state index contributed by atoms with van der Waals surface area (Å²) in [5, 5.41) is 3.37. The van der Waals surface area contributed by atoms with E-state index < -0.39 is 0 Å².